The number of nitrogens with one attached hydrogen (secondary N) is 1. The van der Waals surface area contributed by atoms with Gasteiger partial charge in [0.2, 0.25) is 5.91 Å². The summed E-state index contributed by atoms with van der Waals surface area (Å²) >= 11 is 0. The minimum Gasteiger partial charge on any atom is -0.391 e. The van der Waals surface area contributed by atoms with Crippen molar-refractivity contribution in [3.05, 3.63) is 0 Å². The van der Waals surface area contributed by atoms with Crippen molar-refractivity contribution in [2.75, 3.05) is 6.54 Å². The minimum absolute atomic E-state index is 0.00319. The molecule has 0 heterocycles. The van der Waals surface area contributed by atoms with E-state index in [4.69, 9.17) is 5.73 Å². The molecule has 12 heavy (non-hydrogen) atoms. The third-order valence-electron chi connectivity index (χ3n) is 2.26. The minimum atomic E-state index is -0.380. The summed E-state index contributed by atoms with van der Waals surface area (Å²) < 4.78 is 0. The van der Waals surface area contributed by atoms with Crippen molar-refractivity contribution in [1.29, 1.82) is 0 Å². The molecule has 0 aliphatic heterocycles. The fourth-order valence-electron chi connectivity index (χ4n) is 1.55. The standard InChI is InChI=1S/C8H16N2O2/c9-5-8(12)10-6-3-1-2-4-7(6)11/h6-7,11H,1-5,9H2,(H,10,12)/t6-,7-/m0/s1. The lowest BCUT2D eigenvalue weighted by molar-refractivity contribution is -0.121. The SMILES string of the molecule is NCC(=O)N[C@H]1CCCC[C@@H]1O. The summed E-state index contributed by atoms with van der Waals surface area (Å²) in [5.41, 5.74) is 5.14. The second-order valence-corrected chi connectivity index (χ2v) is 3.23. The van der Waals surface area contributed by atoms with Crippen LogP contribution in [0.4, 0.5) is 0 Å². The van der Waals surface area contributed by atoms with Gasteiger partial charge in [-0.3, -0.25) is 4.79 Å². The number of carbonyl (C=O) groups excluding carboxylic acids is 1. The number of hydrogen-bond acceptors (Lipinski definition) is 3. The van der Waals surface area contributed by atoms with Crippen molar-refractivity contribution in [2.24, 2.45) is 5.73 Å². The lowest BCUT2D eigenvalue weighted by atomic mass is 9.92. The Kier molecular flexibility index (Phi) is 3.49. The Bertz CT molecular complexity index is 161. The Hall–Kier alpha value is -0.610. The average Bonchev–Trinajstić information content (AvgIpc) is 2.09. The van der Waals surface area contributed by atoms with Gasteiger partial charge in [0.1, 0.15) is 0 Å². The van der Waals surface area contributed by atoms with Crippen LogP contribution in [0.5, 0.6) is 0 Å². The molecule has 1 saturated carbocycles. The molecule has 0 aromatic rings. The highest BCUT2D eigenvalue weighted by Crippen LogP contribution is 2.17. The van der Waals surface area contributed by atoms with Crippen LogP contribution in [0.1, 0.15) is 25.7 Å². The van der Waals surface area contributed by atoms with Gasteiger partial charge in [0.05, 0.1) is 18.7 Å². The van der Waals surface area contributed by atoms with Crippen LogP contribution in [0.3, 0.4) is 0 Å². The maximum Gasteiger partial charge on any atom is 0.234 e. The zero-order chi connectivity index (χ0) is 8.97. The Labute approximate surface area is 72.1 Å². The molecule has 4 heteroatoms. The summed E-state index contributed by atoms with van der Waals surface area (Å²) in [5.74, 6) is -0.180. The molecular formula is C8H16N2O2. The number of nitrogens with two attached hydrogens (primary N) is 1. The Morgan fingerprint density at radius 3 is 2.75 bits per heavy atom. The number of rotatable bonds is 2. The van der Waals surface area contributed by atoms with Crippen LogP contribution in [0.2, 0.25) is 0 Å². The molecule has 0 unspecified atom stereocenters. The third kappa shape index (κ3) is 2.46. The zero-order valence-corrected chi connectivity index (χ0v) is 7.12. The quantitative estimate of drug-likeness (QED) is 0.519. The summed E-state index contributed by atoms with van der Waals surface area (Å²) in [6.07, 6.45) is 3.40. The van der Waals surface area contributed by atoms with Gasteiger partial charge >= 0.3 is 0 Å². The molecule has 1 fully saturated rings. The van der Waals surface area contributed by atoms with Gasteiger partial charge < -0.3 is 16.2 Å². The molecule has 2 atom stereocenters. The van der Waals surface area contributed by atoms with Crippen LogP contribution in [0, 0.1) is 0 Å². The highest BCUT2D eigenvalue weighted by Gasteiger charge is 2.23. The molecule has 1 aliphatic carbocycles. The van der Waals surface area contributed by atoms with Crippen LogP contribution in [-0.4, -0.2) is 29.7 Å². The number of carbonyl (C=O) groups is 1. The molecule has 0 saturated heterocycles. The second kappa shape index (κ2) is 4.42. The average molecular weight is 172 g/mol. The molecule has 1 amide bonds. The molecule has 0 aromatic heterocycles. The molecule has 0 spiro atoms. The van der Waals surface area contributed by atoms with Gasteiger partial charge in [-0.05, 0) is 12.8 Å². The van der Waals surface area contributed by atoms with E-state index in [2.05, 4.69) is 5.32 Å². The first-order valence-electron chi connectivity index (χ1n) is 4.41. The van der Waals surface area contributed by atoms with Crippen molar-refractivity contribution in [1.82, 2.24) is 5.32 Å². The van der Waals surface area contributed by atoms with Gasteiger partial charge in [-0.25, -0.2) is 0 Å². The van der Waals surface area contributed by atoms with Gasteiger partial charge in [-0.2, -0.15) is 0 Å². The topological polar surface area (TPSA) is 75.4 Å². The monoisotopic (exact) mass is 172 g/mol. The molecule has 0 aromatic carbocycles. The maximum absolute atomic E-state index is 10.9. The van der Waals surface area contributed by atoms with E-state index in [0.717, 1.165) is 25.7 Å². The van der Waals surface area contributed by atoms with Crippen molar-refractivity contribution in [3.8, 4) is 0 Å². The molecule has 0 bridgehead atoms. The van der Waals surface area contributed by atoms with Crippen LogP contribution in [0.25, 0.3) is 0 Å². The van der Waals surface area contributed by atoms with Gasteiger partial charge in [-0.1, -0.05) is 12.8 Å². The van der Waals surface area contributed by atoms with Crippen LogP contribution >= 0.6 is 0 Å². The number of aliphatic hydroxyl groups is 1. The van der Waals surface area contributed by atoms with E-state index in [1.54, 1.807) is 0 Å². The first kappa shape index (κ1) is 9.48. The van der Waals surface area contributed by atoms with Crippen molar-refractivity contribution >= 4 is 5.91 Å². The molecule has 4 N–H and O–H groups in total. The van der Waals surface area contributed by atoms with Crippen LogP contribution in [0.15, 0.2) is 0 Å². The zero-order valence-electron chi connectivity index (χ0n) is 7.12. The normalized spacial score (nSPS) is 29.8. The Morgan fingerprint density at radius 2 is 2.17 bits per heavy atom. The lowest BCUT2D eigenvalue weighted by Crippen LogP contribution is -2.47. The second-order valence-electron chi connectivity index (χ2n) is 3.23. The fraction of sp³-hybridized carbons (Fsp3) is 0.875. The van der Waals surface area contributed by atoms with E-state index in [-0.39, 0.29) is 24.6 Å². The van der Waals surface area contributed by atoms with E-state index in [9.17, 15) is 9.90 Å². The highest BCUT2D eigenvalue weighted by atomic mass is 16.3. The van der Waals surface area contributed by atoms with Crippen LogP contribution < -0.4 is 11.1 Å². The number of aliphatic hydroxyl groups excluding tert-OH is 1. The molecule has 0 radical (unpaired) electrons. The van der Waals surface area contributed by atoms with E-state index in [1.807, 2.05) is 0 Å². The summed E-state index contributed by atoms with van der Waals surface area (Å²) in [6, 6.07) is -0.0743. The van der Waals surface area contributed by atoms with Gasteiger partial charge in [0, 0.05) is 0 Å². The highest BCUT2D eigenvalue weighted by molar-refractivity contribution is 5.78. The summed E-state index contributed by atoms with van der Waals surface area (Å²) in [5, 5.41) is 12.2. The van der Waals surface area contributed by atoms with E-state index >= 15 is 0 Å². The molecule has 1 rings (SSSR count). The van der Waals surface area contributed by atoms with Gasteiger partial charge in [0.25, 0.3) is 0 Å². The Morgan fingerprint density at radius 1 is 1.50 bits per heavy atom. The summed E-state index contributed by atoms with van der Waals surface area (Å²) in [4.78, 5) is 10.9. The van der Waals surface area contributed by atoms with Crippen LogP contribution in [-0.2, 0) is 4.79 Å². The number of amides is 1. The van der Waals surface area contributed by atoms with E-state index in [0.29, 0.717) is 0 Å². The maximum atomic E-state index is 10.9. The summed E-state index contributed by atoms with van der Waals surface area (Å²) in [6.45, 7) is 0.00319. The first-order chi connectivity index (χ1) is 5.74. The van der Waals surface area contributed by atoms with E-state index in [1.165, 1.54) is 0 Å². The fourth-order valence-corrected chi connectivity index (χ4v) is 1.55. The molecular weight excluding hydrogens is 156 g/mol. The van der Waals surface area contributed by atoms with Gasteiger partial charge in [0.15, 0.2) is 0 Å². The third-order valence-corrected chi connectivity index (χ3v) is 2.26. The molecule has 4 nitrogen and oxygen atoms in total. The van der Waals surface area contributed by atoms with Crippen molar-refractivity contribution < 1.29 is 9.90 Å². The first-order valence-corrected chi connectivity index (χ1v) is 4.41. The number of hydrogen-bond donors (Lipinski definition) is 3. The van der Waals surface area contributed by atoms with Gasteiger partial charge in [-0.15, -0.1) is 0 Å². The summed E-state index contributed by atoms with van der Waals surface area (Å²) in [7, 11) is 0. The lowest BCUT2D eigenvalue weighted by Gasteiger charge is -2.28. The predicted octanol–water partition coefficient (Wildman–Crippen LogP) is -0.635. The van der Waals surface area contributed by atoms with Crippen molar-refractivity contribution in [2.45, 2.75) is 37.8 Å². The molecule has 1 aliphatic rings. The Balaban J connectivity index is 2.33. The smallest absolute Gasteiger partial charge is 0.234 e. The largest absolute Gasteiger partial charge is 0.391 e. The van der Waals surface area contributed by atoms with Crippen molar-refractivity contribution in [3.63, 3.8) is 0 Å². The molecule has 70 valence electrons. The van der Waals surface area contributed by atoms with E-state index < -0.39 is 0 Å². The predicted molar refractivity (Wildman–Crippen MR) is 45.5 cm³/mol.